The normalized spacial score (nSPS) is 17.2. The molecular weight excluding hydrogens is 474 g/mol. The Morgan fingerprint density at radius 3 is 2.08 bits per heavy atom. The Hall–Kier alpha value is -3.71. The smallest absolute Gasteiger partial charge is 0.417 e. The molecule has 4 rings (SSSR count). The van der Waals surface area contributed by atoms with Gasteiger partial charge in [-0.15, -0.1) is 0 Å². The van der Waals surface area contributed by atoms with Crippen LogP contribution in [0.25, 0.3) is 4.91 Å². The summed E-state index contributed by atoms with van der Waals surface area (Å²) in [5.41, 5.74) is 1.46. The van der Waals surface area contributed by atoms with Crippen LogP contribution in [0.2, 0.25) is 0 Å². The van der Waals surface area contributed by atoms with E-state index in [0.717, 1.165) is 10.5 Å². The summed E-state index contributed by atoms with van der Waals surface area (Å²) in [5, 5.41) is 0. The van der Waals surface area contributed by atoms with Crippen LogP contribution in [0.3, 0.4) is 0 Å². The molecule has 3 aromatic rings. The predicted octanol–water partition coefficient (Wildman–Crippen LogP) is 5.36. The van der Waals surface area contributed by atoms with Gasteiger partial charge in [-0.2, -0.15) is 0 Å². The molecule has 0 N–H and O–H groups in total. The predicted molar refractivity (Wildman–Crippen MR) is 139 cm³/mol. The molecule has 7 heteroatoms. The van der Waals surface area contributed by atoms with Crippen molar-refractivity contribution < 1.29 is 22.7 Å². The summed E-state index contributed by atoms with van der Waals surface area (Å²) in [4.78, 5) is 27.8. The van der Waals surface area contributed by atoms with Crippen molar-refractivity contribution in [2.24, 2.45) is 11.8 Å². The number of benzene rings is 3. The topological polar surface area (TPSA) is 80.8 Å². The van der Waals surface area contributed by atoms with Gasteiger partial charge in [-0.05, 0) is 35.6 Å². The maximum atomic E-state index is 13.8. The quantitative estimate of drug-likeness (QED) is 0.413. The first-order valence-electron chi connectivity index (χ1n) is 11.9. The van der Waals surface area contributed by atoms with Gasteiger partial charge in [0.1, 0.15) is 6.61 Å². The fourth-order valence-corrected chi connectivity index (χ4v) is 5.85. The van der Waals surface area contributed by atoms with Gasteiger partial charge in [-0.1, -0.05) is 98.8 Å². The lowest BCUT2D eigenvalue weighted by Gasteiger charge is -2.26. The Morgan fingerprint density at radius 2 is 1.50 bits per heavy atom. The van der Waals surface area contributed by atoms with E-state index in [0.29, 0.717) is 12.0 Å². The Balaban J connectivity index is 1.75. The second-order valence-electron chi connectivity index (χ2n) is 9.11. The van der Waals surface area contributed by atoms with Crippen LogP contribution in [0.15, 0.2) is 102 Å². The first kappa shape index (κ1) is 25.4. The van der Waals surface area contributed by atoms with Crippen LogP contribution in [0.4, 0.5) is 4.79 Å². The van der Waals surface area contributed by atoms with Gasteiger partial charge in [0.2, 0.25) is 15.7 Å². The highest BCUT2D eigenvalue weighted by Gasteiger charge is 2.41. The number of hydrogen-bond donors (Lipinski definition) is 0. The Labute approximate surface area is 212 Å². The van der Waals surface area contributed by atoms with Crippen molar-refractivity contribution in [3.8, 4) is 0 Å². The molecule has 0 radical (unpaired) electrons. The molecule has 1 saturated heterocycles. The molecule has 1 aliphatic heterocycles. The maximum absolute atomic E-state index is 13.8. The molecule has 0 saturated carbocycles. The van der Waals surface area contributed by atoms with Gasteiger partial charge in [0, 0.05) is 0 Å². The van der Waals surface area contributed by atoms with Crippen LogP contribution in [0, 0.1) is 11.8 Å². The molecule has 36 heavy (non-hydrogen) atoms. The molecule has 1 fully saturated rings. The number of hydrogen-bond acceptors (Lipinski definition) is 5. The van der Waals surface area contributed by atoms with Crippen molar-refractivity contribution in [1.82, 2.24) is 4.90 Å². The van der Waals surface area contributed by atoms with Crippen LogP contribution >= 0.6 is 0 Å². The number of rotatable bonds is 8. The molecule has 2 amide bonds. The van der Waals surface area contributed by atoms with E-state index in [1.807, 2.05) is 44.2 Å². The van der Waals surface area contributed by atoms with Gasteiger partial charge in [0.05, 0.1) is 21.8 Å². The molecule has 0 spiro atoms. The molecule has 0 aromatic heterocycles. The zero-order chi connectivity index (χ0) is 25.7. The first-order chi connectivity index (χ1) is 17.3. The maximum Gasteiger partial charge on any atom is 0.417 e. The minimum absolute atomic E-state index is 0.0357. The number of sulfone groups is 1. The third-order valence-corrected chi connectivity index (χ3v) is 8.09. The fraction of sp³-hybridized carbons (Fsp3) is 0.241. The molecule has 1 unspecified atom stereocenters. The largest absolute Gasteiger partial charge is 0.447 e. The molecule has 186 valence electrons. The van der Waals surface area contributed by atoms with E-state index < -0.39 is 33.8 Å². The molecule has 1 heterocycles. The third kappa shape index (κ3) is 5.41. The zero-order valence-corrected chi connectivity index (χ0v) is 21.1. The van der Waals surface area contributed by atoms with Crippen LogP contribution in [0.5, 0.6) is 0 Å². The average molecular weight is 504 g/mol. The SMILES string of the molecule is CC(C)C(/C=C(\c1ccccc1)S(=O)(=O)c1ccccc1)C(=O)N1C(=O)OC[C@@H]1Cc1ccccc1. The summed E-state index contributed by atoms with van der Waals surface area (Å²) in [6.07, 6.45) is 1.25. The van der Waals surface area contributed by atoms with Crippen LogP contribution in [-0.4, -0.2) is 38.0 Å². The molecule has 0 aliphatic carbocycles. The Morgan fingerprint density at radius 1 is 0.944 bits per heavy atom. The summed E-state index contributed by atoms with van der Waals surface area (Å²) < 4.78 is 32.7. The average Bonchev–Trinajstić information content (AvgIpc) is 3.25. The van der Waals surface area contributed by atoms with Crippen molar-refractivity contribution in [2.45, 2.75) is 31.2 Å². The van der Waals surface area contributed by atoms with E-state index in [1.54, 1.807) is 48.5 Å². The van der Waals surface area contributed by atoms with Crippen LogP contribution in [0.1, 0.15) is 25.0 Å². The summed E-state index contributed by atoms with van der Waals surface area (Å²) in [6, 6.07) is 26.0. The van der Waals surface area contributed by atoms with Gasteiger partial charge in [-0.25, -0.2) is 18.1 Å². The minimum Gasteiger partial charge on any atom is -0.447 e. The number of carbonyl (C=O) groups is 2. The van der Waals surface area contributed by atoms with Gasteiger partial charge in [0.15, 0.2) is 0 Å². The summed E-state index contributed by atoms with van der Waals surface area (Å²) >= 11 is 0. The van der Waals surface area contributed by atoms with E-state index in [4.69, 9.17) is 4.74 Å². The van der Waals surface area contributed by atoms with E-state index >= 15 is 0 Å². The molecule has 2 atom stereocenters. The van der Waals surface area contributed by atoms with Crippen molar-refractivity contribution in [3.63, 3.8) is 0 Å². The highest BCUT2D eigenvalue weighted by molar-refractivity contribution is 8.00. The lowest BCUT2D eigenvalue weighted by molar-refractivity contribution is -0.133. The second kappa shape index (κ2) is 10.9. The van der Waals surface area contributed by atoms with Gasteiger partial charge in [0.25, 0.3) is 0 Å². The van der Waals surface area contributed by atoms with E-state index in [9.17, 15) is 18.0 Å². The highest BCUT2D eigenvalue weighted by Crippen LogP contribution is 2.32. The minimum atomic E-state index is -3.94. The standard InChI is InChI=1S/C29H29NO5S/c1-21(2)26(28(31)30-24(20-35-29(30)32)18-22-12-6-3-7-13-22)19-27(23-14-8-4-9-15-23)36(33,34)25-16-10-5-11-17-25/h3-17,19,21,24,26H,18,20H2,1-2H3/b27-19+/t24-,26?/m0/s1. The van der Waals surface area contributed by atoms with E-state index in [-0.39, 0.29) is 22.3 Å². The fourth-order valence-electron chi connectivity index (χ4n) is 4.31. The van der Waals surface area contributed by atoms with E-state index in [2.05, 4.69) is 0 Å². The van der Waals surface area contributed by atoms with Gasteiger partial charge in [-0.3, -0.25) is 4.79 Å². The molecular formula is C29H29NO5S. The summed E-state index contributed by atoms with van der Waals surface area (Å²) in [5.74, 6) is -1.60. The second-order valence-corrected chi connectivity index (χ2v) is 11.0. The molecule has 1 aliphatic rings. The van der Waals surface area contributed by atoms with Gasteiger partial charge >= 0.3 is 6.09 Å². The van der Waals surface area contributed by atoms with Gasteiger partial charge < -0.3 is 4.74 Å². The summed E-state index contributed by atoms with van der Waals surface area (Å²) in [7, 11) is -3.94. The number of amides is 2. The lowest BCUT2D eigenvalue weighted by Crippen LogP contribution is -2.44. The van der Waals surface area contributed by atoms with Crippen molar-refractivity contribution in [3.05, 3.63) is 108 Å². The molecule has 0 bridgehead atoms. The number of ether oxygens (including phenoxy) is 1. The Kier molecular flexibility index (Phi) is 7.70. The number of nitrogens with zero attached hydrogens (tertiary/aromatic N) is 1. The third-order valence-electron chi connectivity index (χ3n) is 6.25. The van der Waals surface area contributed by atoms with Crippen LogP contribution < -0.4 is 0 Å². The van der Waals surface area contributed by atoms with Crippen LogP contribution in [-0.2, 0) is 25.8 Å². The monoisotopic (exact) mass is 503 g/mol. The zero-order valence-electron chi connectivity index (χ0n) is 20.3. The number of cyclic esters (lactones) is 1. The highest BCUT2D eigenvalue weighted by atomic mass is 32.2. The van der Waals surface area contributed by atoms with Crippen molar-refractivity contribution in [2.75, 3.05) is 6.61 Å². The van der Waals surface area contributed by atoms with Crippen molar-refractivity contribution >= 4 is 26.7 Å². The molecule has 6 nitrogen and oxygen atoms in total. The number of carbonyl (C=O) groups excluding carboxylic acids is 2. The van der Waals surface area contributed by atoms with E-state index in [1.165, 1.54) is 18.2 Å². The first-order valence-corrected chi connectivity index (χ1v) is 13.4. The Bertz CT molecular complexity index is 1340. The molecule has 3 aromatic carbocycles. The lowest BCUT2D eigenvalue weighted by atomic mass is 9.92. The summed E-state index contributed by atoms with van der Waals surface area (Å²) in [6.45, 7) is 3.77. The number of imide groups is 1. The van der Waals surface area contributed by atoms with Crippen molar-refractivity contribution in [1.29, 1.82) is 0 Å².